The van der Waals surface area contributed by atoms with Crippen molar-refractivity contribution in [3.05, 3.63) is 52.0 Å². The molecule has 1 aliphatic rings. The highest BCUT2D eigenvalue weighted by Gasteiger charge is 2.11. The number of hydrogen-bond donors (Lipinski definition) is 1. The van der Waals surface area contributed by atoms with E-state index < -0.39 is 0 Å². The molecule has 1 N–H and O–H groups in total. The highest BCUT2D eigenvalue weighted by Crippen LogP contribution is 2.27. The summed E-state index contributed by atoms with van der Waals surface area (Å²) in [5, 5.41) is 3.30. The van der Waals surface area contributed by atoms with Crippen LogP contribution in [0.4, 0.5) is 11.4 Å². The Morgan fingerprint density at radius 3 is 2.52 bits per heavy atom. The fourth-order valence-corrected chi connectivity index (χ4v) is 3.57. The number of rotatable bonds is 5. The number of benzene rings is 2. The van der Waals surface area contributed by atoms with E-state index in [4.69, 9.17) is 16.3 Å². The molecular weight excluding hydrogens is 404 g/mol. The van der Waals surface area contributed by atoms with Crippen LogP contribution in [0.3, 0.4) is 0 Å². The Labute approximate surface area is 161 Å². The van der Waals surface area contributed by atoms with Crippen LogP contribution in [0.2, 0.25) is 5.02 Å². The molecule has 1 saturated heterocycles. The van der Waals surface area contributed by atoms with Crippen LogP contribution in [0.25, 0.3) is 0 Å². The molecule has 0 spiro atoms. The molecule has 6 heteroatoms. The Kier molecular flexibility index (Phi) is 6.21. The first kappa shape index (κ1) is 18.1. The highest BCUT2D eigenvalue weighted by atomic mass is 79.9. The van der Waals surface area contributed by atoms with Gasteiger partial charge in [-0.3, -0.25) is 4.79 Å². The van der Waals surface area contributed by atoms with Crippen molar-refractivity contribution in [3.8, 4) is 5.75 Å². The third-order valence-electron chi connectivity index (χ3n) is 4.12. The van der Waals surface area contributed by atoms with Gasteiger partial charge in [0.05, 0.1) is 5.02 Å². The zero-order valence-corrected chi connectivity index (χ0v) is 16.1. The quantitative estimate of drug-likeness (QED) is 0.726. The second-order valence-electron chi connectivity index (χ2n) is 6.01. The van der Waals surface area contributed by atoms with E-state index in [-0.39, 0.29) is 12.5 Å². The number of piperidine rings is 1. The number of ether oxygens (including phenoxy) is 1. The van der Waals surface area contributed by atoms with Gasteiger partial charge in [-0.25, -0.2) is 0 Å². The van der Waals surface area contributed by atoms with Crippen LogP contribution in [-0.4, -0.2) is 25.6 Å². The summed E-state index contributed by atoms with van der Waals surface area (Å²) in [6.45, 7) is 2.12. The van der Waals surface area contributed by atoms with Gasteiger partial charge in [-0.1, -0.05) is 27.5 Å². The number of halogens is 2. The summed E-state index contributed by atoms with van der Waals surface area (Å²) in [7, 11) is 0. The highest BCUT2D eigenvalue weighted by molar-refractivity contribution is 9.10. The van der Waals surface area contributed by atoms with E-state index in [0.29, 0.717) is 10.8 Å². The Morgan fingerprint density at radius 2 is 1.84 bits per heavy atom. The zero-order chi connectivity index (χ0) is 17.6. The molecule has 132 valence electrons. The molecule has 3 rings (SSSR count). The summed E-state index contributed by atoms with van der Waals surface area (Å²) in [6, 6.07) is 13.2. The smallest absolute Gasteiger partial charge is 0.262 e. The molecule has 0 bridgehead atoms. The van der Waals surface area contributed by atoms with Crippen molar-refractivity contribution in [3.63, 3.8) is 0 Å². The van der Waals surface area contributed by atoms with Gasteiger partial charge in [0.15, 0.2) is 6.61 Å². The maximum absolute atomic E-state index is 12.1. The number of carbonyl (C=O) groups excluding carboxylic acids is 1. The number of amides is 1. The van der Waals surface area contributed by atoms with E-state index in [2.05, 4.69) is 26.1 Å². The summed E-state index contributed by atoms with van der Waals surface area (Å²) < 4.78 is 6.34. The molecule has 0 saturated carbocycles. The van der Waals surface area contributed by atoms with Gasteiger partial charge in [0.2, 0.25) is 0 Å². The molecule has 1 amide bonds. The molecule has 4 nitrogen and oxygen atoms in total. The molecule has 0 aliphatic carbocycles. The molecule has 0 unspecified atom stereocenters. The van der Waals surface area contributed by atoms with Gasteiger partial charge in [-0.2, -0.15) is 0 Å². The van der Waals surface area contributed by atoms with Crippen molar-refractivity contribution in [2.75, 3.05) is 29.9 Å². The van der Waals surface area contributed by atoms with Crippen LogP contribution in [0.1, 0.15) is 19.3 Å². The molecule has 2 aromatic carbocycles. The van der Waals surface area contributed by atoms with Crippen molar-refractivity contribution >= 4 is 44.8 Å². The first-order chi connectivity index (χ1) is 12.1. The minimum atomic E-state index is -0.218. The lowest BCUT2D eigenvalue weighted by molar-refractivity contribution is -0.118. The minimum absolute atomic E-state index is 0.0881. The van der Waals surface area contributed by atoms with Crippen LogP contribution in [-0.2, 0) is 4.79 Å². The average molecular weight is 424 g/mol. The fraction of sp³-hybridized carbons (Fsp3) is 0.316. The van der Waals surface area contributed by atoms with Crippen LogP contribution < -0.4 is 15.0 Å². The van der Waals surface area contributed by atoms with E-state index >= 15 is 0 Å². The van der Waals surface area contributed by atoms with Crippen LogP contribution in [0.15, 0.2) is 46.9 Å². The monoisotopic (exact) mass is 422 g/mol. The molecule has 1 fully saturated rings. The molecule has 1 heterocycles. The Bertz CT molecular complexity index is 731. The number of carbonyl (C=O) groups is 1. The maximum atomic E-state index is 12.1. The first-order valence-electron chi connectivity index (χ1n) is 8.34. The maximum Gasteiger partial charge on any atom is 0.262 e. The largest absolute Gasteiger partial charge is 0.482 e. The predicted octanol–water partition coefficient (Wildman–Crippen LogP) is 5.11. The summed E-state index contributed by atoms with van der Waals surface area (Å²) in [5.41, 5.74) is 1.96. The lowest BCUT2D eigenvalue weighted by Crippen LogP contribution is -2.29. The van der Waals surface area contributed by atoms with Gasteiger partial charge in [0.1, 0.15) is 5.75 Å². The van der Waals surface area contributed by atoms with Gasteiger partial charge in [-0.05, 0) is 61.7 Å². The summed E-state index contributed by atoms with van der Waals surface area (Å²) >= 11 is 9.41. The van der Waals surface area contributed by atoms with E-state index in [1.165, 1.54) is 24.9 Å². The second-order valence-corrected chi connectivity index (χ2v) is 7.33. The van der Waals surface area contributed by atoms with Crippen LogP contribution >= 0.6 is 27.5 Å². The van der Waals surface area contributed by atoms with Crippen molar-refractivity contribution < 1.29 is 9.53 Å². The van der Waals surface area contributed by atoms with E-state index in [0.717, 1.165) is 23.2 Å². The fourth-order valence-electron chi connectivity index (χ4n) is 2.84. The van der Waals surface area contributed by atoms with Crippen molar-refractivity contribution in [1.82, 2.24) is 0 Å². The normalized spacial score (nSPS) is 14.2. The lowest BCUT2D eigenvalue weighted by Gasteiger charge is -2.28. The predicted molar refractivity (Wildman–Crippen MR) is 106 cm³/mol. The SMILES string of the molecule is O=C(COc1ccc(Br)cc1Cl)Nc1ccc(N2CCCCC2)cc1. The summed E-state index contributed by atoms with van der Waals surface area (Å²) in [5.74, 6) is 0.269. The molecule has 2 aromatic rings. The molecule has 0 radical (unpaired) electrons. The minimum Gasteiger partial charge on any atom is -0.482 e. The molecular formula is C19H20BrClN2O2. The topological polar surface area (TPSA) is 41.6 Å². The van der Waals surface area contributed by atoms with Gasteiger partial charge in [0, 0.05) is 28.9 Å². The second kappa shape index (κ2) is 8.59. The molecule has 0 aromatic heterocycles. The summed E-state index contributed by atoms with van der Waals surface area (Å²) in [4.78, 5) is 14.4. The van der Waals surface area contributed by atoms with E-state index in [9.17, 15) is 4.79 Å². The number of nitrogens with zero attached hydrogens (tertiary/aromatic N) is 1. The Hall–Kier alpha value is -1.72. The number of hydrogen-bond acceptors (Lipinski definition) is 3. The third-order valence-corrected chi connectivity index (χ3v) is 4.91. The van der Waals surface area contributed by atoms with Crippen molar-refractivity contribution in [1.29, 1.82) is 0 Å². The molecule has 1 aliphatic heterocycles. The zero-order valence-electron chi connectivity index (χ0n) is 13.8. The summed E-state index contributed by atoms with van der Waals surface area (Å²) in [6.07, 6.45) is 3.80. The van der Waals surface area contributed by atoms with E-state index in [1.54, 1.807) is 12.1 Å². The van der Waals surface area contributed by atoms with Crippen LogP contribution in [0, 0.1) is 0 Å². The standard InChI is InChI=1S/C19H20BrClN2O2/c20-14-4-9-18(17(21)12-14)25-13-19(24)22-15-5-7-16(8-6-15)23-10-2-1-3-11-23/h4-9,12H,1-3,10-11,13H2,(H,22,24). The molecule has 25 heavy (non-hydrogen) atoms. The van der Waals surface area contributed by atoms with Gasteiger partial charge >= 0.3 is 0 Å². The van der Waals surface area contributed by atoms with Gasteiger partial charge < -0.3 is 15.0 Å². The van der Waals surface area contributed by atoms with Gasteiger partial charge in [0.25, 0.3) is 5.91 Å². The third kappa shape index (κ3) is 5.13. The number of nitrogens with one attached hydrogen (secondary N) is 1. The van der Waals surface area contributed by atoms with Crippen LogP contribution in [0.5, 0.6) is 5.75 Å². The lowest BCUT2D eigenvalue weighted by atomic mass is 10.1. The Morgan fingerprint density at radius 1 is 1.12 bits per heavy atom. The van der Waals surface area contributed by atoms with Crippen molar-refractivity contribution in [2.45, 2.75) is 19.3 Å². The first-order valence-corrected chi connectivity index (χ1v) is 9.51. The van der Waals surface area contributed by atoms with Gasteiger partial charge in [-0.15, -0.1) is 0 Å². The number of anilines is 2. The average Bonchev–Trinajstić information content (AvgIpc) is 2.62. The van der Waals surface area contributed by atoms with Crippen molar-refractivity contribution in [2.24, 2.45) is 0 Å². The Balaban J connectivity index is 1.52. The van der Waals surface area contributed by atoms with E-state index in [1.807, 2.05) is 30.3 Å². The molecule has 0 atom stereocenters.